The van der Waals surface area contributed by atoms with Crippen molar-refractivity contribution in [1.82, 2.24) is 25.0 Å². The second-order valence-corrected chi connectivity index (χ2v) is 8.54. The lowest BCUT2D eigenvalue weighted by atomic mass is 9.93. The Balaban J connectivity index is 1.42. The van der Waals surface area contributed by atoms with E-state index in [4.69, 9.17) is 0 Å². The van der Waals surface area contributed by atoms with Crippen LogP contribution in [-0.2, 0) is 16.1 Å². The van der Waals surface area contributed by atoms with Gasteiger partial charge in [0.2, 0.25) is 11.8 Å². The maximum atomic E-state index is 12.6. The molecule has 3 rings (SSSR count). The number of piperidine rings is 2. The maximum Gasteiger partial charge on any atom is 0.224 e. The largest absolute Gasteiger partial charge is 0.350 e. The lowest BCUT2D eigenvalue weighted by Gasteiger charge is -2.42. The van der Waals surface area contributed by atoms with Gasteiger partial charge in [-0.2, -0.15) is 0 Å². The monoisotopic (exact) mass is 401 g/mol. The Labute approximate surface area is 174 Å². The van der Waals surface area contributed by atoms with Gasteiger partial charge in [0.15, 0.2) is 0 Å². The normalized spacial score (nSPS) is 21.3. The van der Waals surface area contributed by atoms with Gasteiger partial charge in [0.25, 0.3) is 0 Å². The average molecular weight is 402 g/mol. The van der Waals surface area contributed by atoms with Crippen LogP contribution in [0.2, 0.25) is 0 Å². The Hall–Kier alpha value is -1.99. The van der Waals surface area contributed by atoms with Crippen molar-refractivity contribution >= 4 is 11.8 Å². The number of hydrogen-bond donors (Lipinski definition) is 1. The zero-order valence-electron chi connectivity index (χ0n) is 17.8. The first kappa shape index (κ1) is 21.7. The highest BCUT2D eigenvalue weighted by atomic mass is 16.2. The quantitative estimate of drug-likeness (QED) is 0.747. The van der Waals surface area contributed by atoms with E-state index in [2.05, 4.69) is 20.1 Å². The maximum absolute atomic E-state index is 12.6. The molecule has 1 atom stereocenters. The van der Waals surface area contributed by atoms with Crippen molar-refractivity contribution in [3.63, 3.8) is 0 Å². The Morgan fingerprint density at radius 1 is 1.17 bits per heavy atom. The molecule has 0 spiro atoms. The molecule has 7 heteroatoms. The molecular formula is C22H35N5O2. The van der Waals surface area contributed by atoms with Crippen LogP contribution in [-0.4, -0.2) is 84.4 Å². The van der Waals surface area contributed by atoms with Crippen molar-refractivity contribution < 1.29 is 9.59 Å². The summed E-state index contributed by atoms with van der Waals surface area (Å²) in [7, 11) is 4.00. The van der Waals surface area contributed by atoms with Crippen molar-refractivity contribution in [2.45, 2.75) is 44.7 Å². The number of hydrogen-bond acceptors (Lipinski definition) is 5. The van der Waals surface area contributed by atoms with Crippen LogP contribution in [0.3, 0.4) is 0 Å². The molecule has 2 amide bonds. The van der Waals surface area contributed by atoms with Gasteiger partial charge >= 0.3 is 0 Å². The van der Waals surface area contributed by atoms with E-state index in [0.29, 0.717) is 19.0 Å². The highest BCUT2D eigenvalue weighted by molar-refractivity contribution is 5.79. The highest BCUT2D eigenvalue weighted by Gasteiger charge is 2.32. The van der Waals surface area contributed by atoms with Crippen molar-refractivity contribution in [3.8, 4) is 0 Å². The molecule has 0 unspecified atom stereocenters. The molecule has 2 fully saturated rings. The predicted octanol–water partition coefficient (Wildman–Crippen LogP) is 1.35. The van der Waals surface area contributed by atoms with Gasteiger partial charge in [0.1, 0.15) is 0 Å². The number of aromatic nitrogens is 1. The van der Waals surface area contributed by atoms with Gasteiger partial charge < -0.3 is 15.1 Å². The van der Waals surface area contributed by atoms with Crippen LogP contribution in [0.5, 0.6) is 0 Å². The molecule has 0 saturated carbocycles. The van der Waals surface area contributed by atoms with Crippen LogP contribution >= 0.6 is 0 Å². The Kier molecular flexibility index (Phi) is 8.00. The molecule has 1 aromatic rings. The second kappa shape index (κ2) is 10.7. The fourth-order valence-corrected chi connectivity index (χ4v) is 4.33. The molecule has 0 aliphatic carbocycles. The first-order chi connectivity index (χ1) is 14.0. The van der Waals surface area contributed by atoms with Crippen LogP contribution in [0.4, 0.5) is 0 Å². The number of carbonyl (C=O) groups is 2. The number of rotatable bonds is 7. The Bertz CT molecular complexity index is 658. The van der Waals surface area contributed by atoms with Crippen LogP contribution in [0, 0.1) is 5.92 Å². The fourth-order valence-electron chi connectivity index (χ4n) is 4.33. The third kappa shape index (κ3) is 6.51. The molecule has 2 aliphatic heterocycles. The summed E-state index contributed by atoms with van der Waals surface area (Å²) in [5.74, 6) is 0.450. The van der Waals surface area contributed by atoms with E-state index >= 15 is 0 Å². The van der Waals surface area contributed by atoms with Gasteiger partial charge in [0.05, 0.1) is 18.2 Å². The summed E-state index contributed by atoms with van der Waals surface area (Å²) in [6, 6.07) is 6.24. The molecular weight excluding hydrogens is 366 g/mol. The molecule has 0 radical (unpaired) electrons. The summed E-state index contributed by atoms with van der Waals surface area (Å²) >= 11 is 0. The summed E-state index contributed by atoms with van der Waals surface area (Å²) < 4.78 is 0. The van der Waals surface area contributed by atoms with Crippen LogP contribution < -0.4 is 5.32 Å². The van der Waals surface area contributed by atoms with Crippen LogP contribution in [0.25, 0.3) is 0 Å². The molecule has 0 aromatic carbocycles. The van der Waals surface area contributed by atoms with Gasteiger partial charge in [-0.3, -0.25) is 19.5 Å². The zero-order chi connectivity index (χ0) is 20.6. The van der Waals surface area contributed by atoms with E-state index in [0.717, 1.165) is 64.1 Å². The van der Waals surface area contributed by atoms with Crippen molar-refractivity contribution in [2.24, 2.45) is 5.92 Å². The smallest absolute Gasteiger partial charge is 0.224 e. The van der Waals surface area contributed by atoms with Crippen LogP contribution in [0.15, 0.2) is 24.4 Å². The van der Waals surface area contributed by atoms with E-state index in [1.807, 2.05) is 37.2 Å². The number of amides is 2. The van der Waals surface area contributed by atoms with E-state index in [1.54, 1.807) is 6.20 Å². The molecule has 2 saturated heterocycles. The topological polar surface area (TPSA) is 68.8 Å². The Morgan fingerprint density at radius 3 is 2.66 bits per heavy atom. The number of pyridine rings is 1. The number of carbonyl (C=O) groups excluding carboxylic acids is 2. The Morgan fingerprint density at radius 2 is 1.97 bits per heavy atom. The van der Waals surface area contributed by atoms with Gasteiger partial charge in [0, 0.05) is 44.8 Å². The second-order valence-electron chi connectivity index (χ2n) is 8.54. The number of likely N-dealkylation sites (tertiary alicyclic amines) is 2. The lowest BCUT2D eigenvalue weighted by Crippen LogP contribution is -2.51. The molecule has 2 aliphatic rings. The summed E-state index contributed by atoms with van der Waals surface area (Å²) in [5.41, 5.74) is 0.889. The van der Waals surface area contributed by atoms with E-state index in [9.17, 15) is 9.59 Å². The molecule has 160 valence electrons. The molecule has 1 N–H and O–H groups in total. The summed E-state index contributed by atoms with van der Waals surface area (Å²) in [5, 5.41) is 3.05. The minimum absolute atomic E-state index is 0.0483. The minimum Gasteiger partial charge on any atom is -0.350 e. The first-order valence-electron chi connectivity index (χ1n) is 10.9. The van der Waals surface area contributed by atoms with Gasteiger partial charge in [-0.15, -0.1) is 0 Å². The average Bonchev–Trinajstić information content (AvgIpc) is 2.76. The summed E-state index contributed by atoms with van der Waals surface area (Å²) in [6.45, 7) is 4.86. The van der Waals surface area contributed by atoms with Crippen molar-refractivity contribution in [2.75, 3.05) is 46.8 Å². The fraction of sp³-hybridized carbons (Fsp3) is 0.682. The van der Waals surface area contributed by atoms with E-state index in [-0.39, 0.29) is 17.7 Å². The molecule has 29 heavy (non-hydrogen) atoms. The van der Waals surface area contributed by atoms with Gasteiger partial charge in [-0.1, -0.05) is 6.07 Å². The molecule has 0 bridgehead atoms. The zero-order valence-corrected chi connectivity index (χ0v) is 17.8. The summed E-state index contributed by atoms with van der Waals surface area (Å²) in [4.78, 5) is 35.8. The van der Waals surface area contributed by atoms with Gasteiger partial charge in [-0.05, 0) is 58.5 Å². The highest BCUT2D eigenvalue weighted by Crippen LogP contribution is 2.24. The lowest BCUT2D eigenvalue weighted by molar-refractivity contribution is -0.133. The van der Waals surface area contributed by atoms with E-state index < -0.39 is 0 Å². The third-order valence-electron chi connectivity index (χ3n) is 6.10. The van der Waals surface area contributed by atoms with Crippen molar-refractivity contribution in [1.29, 1.82) is 0 Å². The van der Waals surface area contributed by atoms with Crippen molar-refractivity contribution in [3.05, 3.63) is 30.1 Å². The first-order valence-corrected chi connectivity index (χ1v) is 10.9. The minimum atomic E-state index is 0.0483. The standard InChI is InChI=1S/C22H35N5O2/c1-25(2)13-10-21(28)26-14-8-20(9-15-26)27-12-5-6-18(17-27)22(29)24-16-19-7-3-4-11-23-19/h3-4,7,11,18,20H,5-6,8-10,12-17H2,1-2H3,(H,24,29)/t18-/m1/s1. The number of nitrogens with one attached hydrogen (secondary N) is 1. The van der Waals surface area contributed by atoms with E-state index in [1.165, 1.54) is 0 Å². The molecule has 7 nitrogen and oxygen atoms in total. The molecule has 1 aromatic heterocycles. The third-order valence-corrected chi connectivity index (χ3v) is 6.10. The molecule has 3 heterocycles. The number of nitrogens with zero attached hydrogens (tertiary/aromatic N) is 4. The SMILES string of the molecule is CN(C)CCC(=O)N1CCC(N2CCC[C@@H](C(=O)NCc3ccccn3)C2)CC1. The predicted molar refractivity (Wildman–Crippen MR) is 113 cm³/mol. The van der Waals surface area contributed by atoms with Crippen LogP contribution in [0.1, 0.15) is 37.8 Å². The van der Waals surface area contributed by atoms with Gasteiger partial charge in [-0.25, -0.2) is 0 Å². The summed E-state index contributed by atoms with van der Waals surface area (Å²) in [6.07, 6.45) is 6.38.